The molecule has 0 radical (unpaired) electrons. The fourth-order valence-electron chi connectivity index (χ4n) is 1.85. The highest BCUT2D eigenvalue weighted by Crippen LogP contribution is 2.15. The third-order valence-corrected chi connectivity index (χ3v) is 2.94. The highest BCUT2D eigenvalue weighted by molar-refractivity contribution is 5.92. The molecule has 2 N–H and O–H groups in total. The SMILES string of the molecule is Cc1nc(C)c(C(=O)NC[C@@H](O)COc2ccc(F)c(F)c2)o1. The summed E-state index contributed by atoms with van der Waals surface area (Å²) in [6.45, 7) is 2.96. The Balaban J connectivity index is 1.80. The van der Waals surface area contributed by atoms with Crippen LogP contribution in [0.25, 0.3) is 0 Å². The van der Waals surface area contributed by atoms with Gasteiger partial charge in [0.2, 0.25) is 5.76 Å². The van der Waals surface area contributed by atoms with Crippen LogP contribution in [0.3, 0.4) is 0 Å². The van der Waals surface area contributed by atoms with E-state index in [1.165, 1.54) is 6.07 Å². The molecule has 1 atom stereocenters. The van der Waals surface area contributed by atoms with Crippen molar-refractivity contribution in [2.24, 2.45) is 0 Å². The van der Waals surface area contributed by atoms with Crippen LogP contribution in [0.2, 0.25) is 0 Å². The van der Waals surface area contributed by atoms with E-state index in [1.54, 1.807) is 13.8 Å². The lowest BCUT2D eigenvalue weighted by molar-refractivity contribution is 0.0820. The molecule has 0 saturated heterocycles. The number of aryl methyl sites for hydroxylation is 2. The normalized spacial score (nSPS) is 12.0. The second kappa shape index (κ2) is 7.19. The van der Waals surface area contributed by atoms with Crippen molar-refractivity contribution in [3.8, 4) is 5.75 Å². The Hall–Kier alpha value is -2.48. The molecule has 0 unspecified atom stereocenters. The summed E-state index contributed by atoms with van der Waals surface area (Å²) in [6, 6.07) is 3.04. The maximum atomic E-state index is 13.0. The molecule has 1 amide bonds. The minimum atomic E-state index is -1.04. The van der Waals surface area contributed by atoms with Crippen LogP contribution in [0.1, 0.15) is 22.1 Å². The van der Waals surface area contributed by atoms with Crippen LogP contribution >= 0.6 is 0 Å². The molecule has 0 aliphatic rings. The lowest BCUT2D eigenvalue weighted by Gasteiger charge is -2.13. The second-order valence-corrected chi connectivity index (χ2v) is 4.90. The van der Waals surface area contributed by atoms with Crippen LogP contribution in [0.5, 0.6) is 5.75 Å². The van der Waals surface area contributed by atoms with E-state index in [0.29, 0.717) is 11.6 Å². The Morgan fingerprint density at radius 1 is 1.39 bits per heavy atom. The minimum absolute atomic E-state index is 0.0796. The largest absolute Gasteiger partial charge is 0.491 e. The summed E-state index contributed by atoms with van der Waals surface area (Å²) in [6.07, 6.45) is -1.03. The number of carbonyl (C=O) groups excluding carboxylic acids is 1. The second-order valence-electron chi connectivity index (χ2n) is 4.90. The van der Waals surface area contributed by atoms with E-state index in [4.69, 9.17) is 9.15 Å². The summed E-state index contributed by atoms with van der Waals surface area (Å²) in [5, 5.41) is 12.2. The predicted octanol–water partition coefficient (Wildman–Crippen LogP) is 1.74. The first-order valence-corrected chi connectivity index (χ1v) is 6.85. The average Bonchev–Trinajstić information content (AvgIpc) is 2.84. The van der Waals surface area contributed by atoms with Crippen LogP contribution in [0, 0.1) is 25.5 Å². The molecule has 0 aliphatic carbocycles. The van der Waals surface area contributed by atoms with Gasteiger partial charge in [-0.1, -0.05) is 0 Å². The van der Waals surface area contributed by atoms with Crippen molar-refractivity contribution in [1.29, 1.82) is 0 Å². The van der Waals surface area contributed by atoms with Crippen LogP contribution in [-0.4, -0.2) is 35.3 Å². The number of carbonyl (C=O) groups is 1. The van der Waals surface area contributed by atoms with Gasteiger partial charge in [0.25, 0.3) is 5.91 Å². The molecule has 0 aliphatic heterocycles. The van der Waals surface area contributed by atoms with Gasteiger partial charge >= 0.3 is 0 Å². The minimum Gasteiger partial charge on any atom is -0.491 e. The summed E-state index contributed by atoms with van der Waals surface area (Å²) in [5.41, 5.74) is 0.451. The quantitative estimate of drug-likeness (QED) is 0.845. The number of aromatic nitrogens is 1. The standard InChI is InChI=1S/C15H16F2N2O4/c1-8-14(23-9(2)19-8)15(21)18-6-10(20)7-22-11-3-4-12(16)13(17)5-11/h3-5,10,20H,6-7H2,1-2H3,(H,18,21)/t10-/m1/s1. The van der Waals surface area contributed by atoms with E-state index >= 15 is 0 Å². The van der Waals surface area contributed by atoms with Crippen LogP contribution < -0.4 is 10.1 Å². The van der Waals surface area contributed by atoms with Crippen molar-refractivity contribution in [3.05, 3.63) is 47.2 Å². The third kappa shape index (κ3) is 4.49. The van der Waals surface area contributed by atoms with Gasteiger partial charge in [-0.3, -0.25) is 4.79 Å². The van der Waals surface area contributed by atoms with Crippen molar-refractivity contribution in [2.75, 3.05) is 13.2 Å². The lowest BCUT2D eigenvalue weighted by Crippen LogP contribution is -2.35. The fraction of sp³-hybridized carbons (Fsp3) is 0.333. The van der Waals surface area contributed by atoms with Crippen molar-refractivity contribution in [3.63, 3.8) is 0 Å². The Bertz CT molecular complexity index is 703. The molecule has 6 nitrogen and oxygen atoms in total. The summed E-state index contributed by atoms with van der Waals surface area (Å²) in [7, 11) is 0. The number of hydrogen-bond donors (Lipinski definition) is 2. The molecule has 0 bridgehead atoms. The number of ether oxygens (including phenoxy) is 1. The van der Waals surface area contributed by atoms with Gasteiger partial charge in [-0.25, -0.2) is 13.8 Å². The number of oxazole rings is 1. The first kappa shape index (κ1) is 16.9. The maximum Gasteiger partial charge on any atom is 0.289 e. The molecule has 2 rings (SSSR count). The highest BCUT2D eigenvalue weighted by atomic mass is 19.2. The third-order valence-electron chi connectivity index (χ3n) is 2.94. The topological polar surface area (TPSA) is 84.6 Å². The molecule has 124 valence electrons. The fourth-order valence-corrected chi connectivity index (χ4v) is 1.85. The number of benzene rings is 1. The lowest BCUT2D eigenvalue weighted by atomic mass is 10.3. The van der Waals surface area contributed by atoms with Crippen molar-refractivity contribution in [1.82, 2.24) is 10.3 Å². The molecule has 8 heteroatoms. The number of nitrogens with zero attached hydrogens (tertiary/aromatic N) is 1. The summed E-state index contributed by atoms with van der Waals surface area (Å²) in [4.78, 5) is 15.8. The van der Waals surface area contributed by atoms with Crippen LogP contribution in [-0.2, 0) is 0 Å². The molecule has 1 aromatic carbocycles. The number of hydrogen-bond acceptors (Lipinski definition) is 5. The Kier molecular flexibility index (Phi) is 5.28. The van der Waals surface area contributed by atoms with E-state index < -0.39 is 23.6 Å². The highest BCUT2D eigenvalue weighted by Gasteiger charge is 2.17. The van der Waals surface area contributed by atoms with Crippen LogP contribution in [0.15, 0.2) is 22.6 Å². The zero-order valence-electron chi connectivity index (χ0n) is 12.6. The van der Waals surface area contributed by atoms with Crippen LogP contribution in [0.4, 0.5) is 8.78 Å². The molecule has 23 heavy (non-hydrogen) atoms. The number of rotatable bonds is 6. The Morgan fingerprint density at radius 3 is 2.74 bits per heavy atom. The first-order valence-electron chi connectivity index (χ1n) is 6.85. The van der Waals surface area contributed by atoms with Gasteiger partial charge in [0.1, 0.15) is 18.5 Å². The predicted molar refractivity (Wildman–Crippen MR) is 76.2 cm³/mol. The van der Waals surface area contributed by atoms with Gasteiger partial charge in [0, 0.05) is 19.5 Å². The Morgan fingerprint density at radius 2 is 2.13 bits per heavy atom. The van der Waals surface area contributed by atoms with Gasteiger partial charge in [0.15, 0.2) is 17.5 Å². The van der Waals surface area contributed by atoms with E-state index in [1.807, 2.05) is 0 Å². The maximum absolute atomic E-state index is 13.0. The first-order chi connectivity index (χ1) is 10.9. The van der Waals surface area contributed by atoms with Gasteiger partial charge in [-0.05, 0) is 19.1 Å². The summed E-state index contributed by atoms with van der Waals surface area (Å²) >= 11 is 0. The molecule has 1 aromatic heterocycles. The van der Waals surface area contributed by atoms with Gasteiger partial charge in [-0.15, -0.1) is 0 Å². The molecule has 1 heterocycles. The van der Waals surface area contributed by atoms with E-state index in [9.17, 15) is 18.7 Å². The number of nitrogens with one attached hydrogen (secondary N) is 1. The zero-order chi connectivity index (χ0) is 17.0. The zero-order valence-corrected chi connectivity index (χ0v) is 12.6. The molecule has 0 spiro atoms. The van der Waals surface area contributed by atoms with Crippen molar-refractivity contribution < 1.29 is 27.8 Å². The number of aliphatic hydroxyl groups excluding tert-OH is 1. The summed E-state index contributed by atoms with van der Waals surface area (Å²) < 4.78 is 36.0. The number of amides is 1. The number of aliphatic hydroxyl groups is 1. The van der Waals surface area contributed by atoms with Gasteiger partial charge in [-0.2, -0.15) is 0 Å². The smallest absolute Gasteiger partial charge is 0.289 e. The Labute approximate surface area is 131 Å². The van der Waals surface area contributed by atoms with E-state index in [2.05, 4.69) is 10.3 Å². The summed E-state index contributed by atoms with van der Waals surface area (Å²) in [5.74, 6) is -2.00. The average molecular weight is 326 g/mol. The molecule has 2 aromatic rings. The van der Waals surface area contributed by atoms with Gasteiger partial charge in [0.05, 0.1) is 5.69 Å². The van der Waals surface area contributed by atoms with Crippen molar-refractivity contribution in [2.45, 2.75) is 20.0 Å². The molecule has 0 saturated carbocycles. The van der Waals surface area contributed by atoms with Crippen molar-refractivity contribution >= 4 is 5.91 Å². The molecular formula is C15H16F2N2O4. The van der Waals surface area contributed by atoms with Gasteiger partial charge < -0.3 is 19.6 Å². The molecular weight excluding hydrogens is 310 g/mol. The monoisotopic (exact) mass is 326 g/mol. The van der Waals surface area contributed by atoms with E-state index in [-0.39, 0.29) is 24.7 Å². The molecule has 0 fully saturated rings. The van der Waals surface area contributed by atoms with E-state index in [0.717, 1.165) is 12.1 Å². The number of halogens is 2.